The largest absolute Gasteiger partial charge is 0.361 e. The third-order valence-corrected chi connectivity index (χ3v) is 5.92. The molecule has 152 valence electrons. The molecule has 0 unspecified atom stereocenters. The third kappa shape index (κ3) is 3.61. The first-order chi connectivity index (χ1) is 14.7. The number of nitrogens with one attached hydrogen (secondary N) is 1. The Morgan fingerprint density at radius 2 is 2.13 bits per heavy atom. The molecule has 2 aromatic carbocycles. The molecule has 1 fully saturated rings. The number of fused-ring (bicyclic) bond motifs is 1. The van der Waals surface area contributed by atoms with Gasteiger partial charge in [0.05, 0.1) is 0 Å². The summed E-state index contributed by atoms with van der Waals surface area (Å²) < 4.78 is 5.53. The van der Waals surface area contributed by atoms with Crippen LogP contribution >= 0.6 is 0 Å². The molecule has 0 saturated carbocycles. The Balaban J connectivity index is 1.28. The minimum Gasteiger partial charge on any atom is -0.361 e. The van der Waals surface area contributed by atoms with E-state index in [1.165, 1.54) is 0 Å². The first-order valence-corrected chi connectivity index (χ1v) is 10.4. The van der Waals surface area contributed by atoms with Crippen LogP contribution in [-0.2, 0) is 6.42 Å². The zero-order valence-electron chi connectivity index (χ0n) is 17.0. The van der Waals surface area contributed by atoms with Crippen molar-refractivity contribution in [1.82, 2.24) is 20.0 Å². The van der Waals surface area contributed by atoms with E-state index in [9.17, 15) is 4.79 Å². The summed E-state index contributed by atoms with van der Waals surface area (Å²) in [5, 5.41) is 5.23. The first-order valence-electron chi connectivity index (χ1n) is 10.4. The van der Waals surface area contributed by atoms with E-state index < -0.39 is 0 Å². The summed E-state index contributed by atoms with van der Waals surface area (Å²) in [7, 11) is 0. The monoisotopic (exact) mass is 400 g/mol. The number of aromatic nitrogens is 3. The van der Waals surface area contributed by atoms with Crippen molar-refractivity contribution in [3.8, 4) is 11.4 Å². The van der Waals surface area contributed by atoms with Gasteiger partial charge in [-0.3, -0.25) is 4.79 Å². The fourth-order valence-electron chi connectivity index (χ4n) is 4.30. The molecule has 1 atom stereocenters. The van der Waals surface area contributed by atoms with Crippen molar-refractivity contribution in [3.63, 3.8) is 0 Å². The van der Waals surface area contributed by atoms with Crippen molar-refractivity contribution < 1.29 is 9.32 Å². The molecule has 1 amide bonds. The summed E-state index contributed by atoms with van der Waals surface area (Å²) in [5.41, 5.74) is 3.90. The standard InChI is InChI=1S/C24H24N4O2/c1-16-5-2-3-7-20(16)23-26-22(30-27-23)13-17-6-4-12-28(15-17)24(29)19-8-9-21-18(14-19)10-11-25-21/h2-3,5,7-11,14,17,25H,4,6,12-13,15H2,1H3/t17-/m1/s1. The van der Waals surface area contributed by atoms with Crippen molar-refractivity contribution >= 4 is 16.8 Å². The van der Waals surface area contributed by atoms with Crippen molar-refractivity contribution in [2.45, 2.75) is 26.2 Å². The Labute approximate surface area is 174 Å². The third-order valence-electron chi connectivity index (χ3n) is 5.92. The molecule has 5 rings (SSSR count). The number of H-pyrrole nitrogens is 1. The molecule has 1 saturated heterocycles. The highest BCUT2D eigenvalue weighted by atomic mass is 16.5. The molecule has 3 heterocycles. The summed E-state index contributed by atoms with van der Waals surface area (Å²) in [6, 6.07) is 15.9. The zero-order valence-corrected chi connectivity index (χ0v) is 17.0. The van der Waals surface area contributed by atoms with Crippen LogP contribution in [0.3, 0.4) is 0 Å². The lowest BCUT2D eigenvalue weighted by molar-refractivity contribution is 0.0668. The van der Waals surface area contributed by atoms with Crippen LogP contribution in [0.1, 0.15) is 34.7 Å². The maximum atomic E-state index is 13.1. The van der Waals surface area contributed by atoms with E-state index >= 15 is 0 Å². The SMILES string of the molecule is Cc1ccccc1-c1noc(C[C@H]2CCCN(C(=O)c3ccc4[nH]ccc4c3)C2)n1. The summed E-state index contributed by atoms with van der Waals surface area (Å²) in [5.74, 6) is 1.69. The second-order valence-electron chi connectivity index (χ2n) is 8.07. The highest BCUT2D eigenvalue weighted by Crippen LogP contribution is 2.25. The molecule has 6 nitrogen and oxygen atoms in total. The Bertz CT molecular complexity index is 1190. The second-order valence-corrected chi connectivity index (χ2v) is 8.07. The molecule has 0 radical (unpaired) electrons. The van der Waals surface area contributed by atoms with Crippen LogP contribution in [0, 0.1) is 12.8 Å². The van der Waals surface area contributed by atoms with Gasteiger partial charge in [0.2, 0.25) is 11.7 Å². The lowest BCUT2D eigenvalue weighted by atomic mass is 9.94. The Morgan fingerprint density at radius 1 is 1.23 bits per heavy atom. The predicted octanol–water partition coefficient (Wildman–Crippen LogP) is 4.62. The topological polar surface area (TPSA) is 75.0 Å². The average Bonchev–Trinajstić information content (AvgIpc) is 3.42. The minimum atomic E-state index is 0.0916. The molecule has 0 spiro atoms. The zero-order chi connectivity index (χ0) is 20.5. The smallest absolute Gasteiger partial charge is 0.253 e. The summed E-state index contributed by atoms with van der Waals surface area (Å²) in [6.07, 6.45) is 4.63. The average molecular weight is 400 g/mol. The second kappa shape index (κ2) is 7.78. The molecule has 2 aromatic heterocycles. The van der Waals surface area contributed by atoms with Gasteiger partial charge >= 0.3 is 0 Å². The van der Waals surface area contributed by atoms with Crippen LogP contribution < -0.4 is 0 Å². The number of rotatable bonds is 4. The normalized spacial score (nSPS) is 16.8. The molecule has 1 aliphatic rings. The number of amides is 1. The number of piperidine rings is 1. The van der Waals surface area contributed by atoms with Crippen LogP contribution in [-0.4, -0.2) is 39.0 Å². The predicted molar refractivity (Wildman–Crippen MR) is 115 cm³/mol. The molecular weight excluding hydrogens is 376 g/mol. The molecule has 6 heteroatoms. The Kier molecular flexibility index (Phi) is 4.83. The summed E-state index contributed by atoms with van der Waals surface area (Å²) in [4.78, 5) is 22.8. The number of carbonyl (C=O) groups is 1. The van der Waals surface area contributed by atoms with Crippen LogP contribution in [0.5, 0.6) is 0 Å². The fourth-order valence-corrected chi connectivity index (χ4v) is 4.30. The maximum absolute atomic E-state index is 13.1. The van der Waals surface area contributed by atoms with E-state index in [2.05, 4.69) is 15.1 Å². The number of aryl methyl sites for hydroxylation is 1. The van der Waals surface area contributed by atoms with E-state index in [1.54, 1.807) is 0 Å². The van der Waals surface area contributed by atoms with E-state index in [4.69, 9.17) is 4.52 Å². The fraction of sp³-hybridized carbons (Fsp3) is 0.292. The molecule has 1 aliphatic heterocycles. The Morgan fingerprint density at radius 3 is 3.03 bits per heavy atom. The van der Waals surface area contributed by atoms with Crippen LogP contribution in [0.25, 0.3) is 22.3 Å². The van der Waals surface area contributed by atoms with Gasteiger partial charge in [-0.15, -0.1) is 0 Å². The van der Waals surface area contributed by atoms with Crippen molar-refractivity contribution in [2.75, 3.05) is 13.1 Å². The van der Waals surface area contributed by atoms with Crippen LogP contribution in [0.4, 0.5) is 0 Å². The molecule has 30 heavy (non-hydrogen) atoms. The molecular formula is C24H24N4O2. The van der Waals surface area contributed by atoms with E-state index in [-0.39, 0.29) is 5.91 Å². The summed E-state index contributed by atoms with van der Waals surface area (Å²) in [6.45, 7) is 3.55. The number of nitrogens with zero attached hydrogens (tertiary/aromatic N) is 3. The first kappa shape index (κ1) is 18.6. The van der Waals surface area contributed by atoms with Crippen molar-refractivity contribution in [2.24, 2.45) is 5.92 Å². The van der Waals surface area contributed by atoms with Gasteiger partial charge in [0.15, 0.2) is 0 Å². The van der Waals surface area contributed by atoms with E-state index in [0.29, 0.717) is 30.6 Å². The van der Waals surface area contributed by atoms with Gasteiger partial charge in [-0.2, -0.15) is 4.98 Å². The number of carbonyl (C=O) groups excluding carboxylic acids is 1. The van der Waals surface area contributed by atoms with Gasteiger partial charge in [-0.05, 0) is 55.5 Å². The molecule has 0 bridgehead atoms. The maximum Gasteiger partial charge on any atom is 0.253 e. The quantitative estimate of drug-likeness (QED) is 0.542. The van der Waals surface area contributed by atoms with Gasteiger partial charge in [0.25, 0.3) is 5.91 Å². The van der Waals surface area contributed by atoms with Gasteiger partial charge < -0.3 is 14.4 Å². The van der Waals surface area contributed by atoms with Gasteiger partial charge in [-0.1, -0.05) is 29.4 Å². The lowest BCUT2D eigenvalue weighted by Gasteiger charge is -2.32. The van der Waals surface area contributed by atoms with E-state index in [0.717, 1.165) is 47.0 Å². The number of likely N-dealkylation sites (tertiary alicyclic amines) is 1. The lowest BCUT2D eigenvalue weighted by Crippen LogP contribution is -2.40. The van der Waals surface area contributed by atoms with Crippen molar-refractivity contribution in [1.29, 1.82) is 0 Å². The number of hydrogen-bond donors (Lipinski definition) is 1. The Hall–Kier alpha value is -3.41. The molecule has 0 aliphatic carbocycles. The van der Waals surface area contributed by atoms with Crippen molar-refractivity contribution in [3.05, 3.63) is 71.7 Å². The number of aromatic amines is 1. The molecule has 4 aromatic rings. The number of benzene rings is 2. The number of hydrogen-bond acceptors (Lipinski definition) is 4. The van der Waals surface area contributed by atoms with E-state index in [1.807, 2.05) is 66.6 Å². The highest BCUT2D eigenvalue weighted by Gasteiger charge is 2.26. The molecule has 1 N–H and O–H groups in total. The van der Waals surface area contributed by atoms with Gasteiger partial charge in [-0.25, -0.2) is 0 Å². The summed E-state index contributed by atoms with van der Waals surface area (Å²) >= 11 is 0. The van der Waals surface area contributed by atoms with Crippen LogP contribution in [0.2, 0.25) is 0 Å². The minimum absolute atomic E-state index is 0.0916. The van der Waals surface area contributed by atoms with Gasteiger partial charge in [0, 0.05) is 47.7 Å². The van der Waals surface area contributed by atoms with Gasteiger partial charge in [0.1, 0.15) is 0 Å². The van der Waals surface area contributed by atoms with Crippen LogP contribution in [0.15, 0.2) is 59.3 Å². The highest BCUT2D eigenvalue weighted by molar-refractivity contribution is 5.98.